The van der Waals surface area contributed by atoms with E-state index in [-0.39, 0.29) is 23.1 Å². The lowest BCUT2D eigenvalue weighted by Gasteiger charge is -2.56. The van der Waals surface area contributed by atoms with Crippen LogP contribution in [0.25, 0.3) is 0 Å². The molecule has 0 aromatic heterocycles. The Kier molecular flexibility index (Phi) is 5.31. The van der Waals surface area contributed by atoms with Gasteiger partial charge in [-0.05, 0) is 38.7 Å². The first-order valence-corrected chi connectivity index (χ1v) is 8.50. The van der Waals surface area contributed by atoms with Gasteiger partial charge >= 0.3 is 0 Å². The number of nitrogens with zero attached hydrogens (tertiary/aromatic N) is 1. The van der Waals surface area contributed by atoms with Gasteiger partial charge in [0.25, 0.3) is 0 Å². The zero-order valence-electron chi connectivity index (χ0n) is 14.6. The van der Waals surface area contributed by atoms with Crippen molar-refractivity contribution in [3.63, 3.8) is 0 Å². The smallest absolute Gasteiger partial charge is 0.0720 e. The third-order valence-corrected chi connectivity index (χ3v) is 5.92. The second-order valence-electron chi connectivity index (χ2n) is 7.18. The summed E-state index contributed by atoms with van der Waals surface area (Å²) in [5, 5.41) is 14.3. The van der Waals surface area contributed by atoms with Crippen molar-refractivity contribution in [1.82, 2.24) is 5.06 Å². The minimum atomic E-state index is -0.357. The monoisotopic (exact) mass is 304 g/mol. The van der Waals surface area contributed by atoms with E-state index in [0.29, 0.717) is 6.61 Å². The summed E-state index contributed by atoms with van der Waals surface area (Å²) in [4.78, 5) is 0. The molecule has 2 rings (SSSR count). The maximum atomic E-state index is 12.9. The standard InChI is InChI=1S/C19H30NO2/c1-6-18(4)13-17(15(3)19(5,7-2)20(18)21)22-14-16-11-9-8-10-12-16/h8-12,15,17H,6-7,13-14H2,1-5H3. The first-order chi connectivity index (χ1) is 10.4. The minimum Gasteiger partial charge on any atom is -0.373 e. The Morgan fingerprint density at radius 2 is 1.82 bits per heavy atom. The quantitative estimate of drug-likeness (QED) is 0.796. The molecule has 22 heavy (non-hydrogen) atoms. The van der Waals surface area contributed by atoms with Crippen molar-refractivity contribution in [3.8, 4) is 0 Å². The number of benzene rings is 1. The third kappa shape index (κ3) is 3.08. The Morgan fingerprint density at radius 1 is 1.18 bits per heavy atom. The summed E-state index contributed by atoms with van der Waals surface area (Å²) in [6.07, 6.45) is 2.62. The summed E-state index contributed by atoms with van der Waals surface area (Å²) in [5.41, 5.74) is 0.499. The number of hydrogen-bond acceptors (Lipinski definition) is 2. The number of ether oxygens (including phenoxy) is 1. The molecule has 0 amide bonds. The van der Waals surface area contributed by atoms with Crippen LogP contribution in [-0.2, 0) is 16.6 Å². The van der Waals surface area contributed by atoms with Crippen LogP contribution in [0.3, 0.4) is 0 Å². The molecular weight excluding hydrogens is 274 g/mol. The Balaban J connectivity index is 2.16. The van der Waals surface area contributed by atoms with Crippen molar-refractivity contribution in [2.24, 2.45) is 5.92 Å². The molecule has 0 bridgehead atoms. The van der Waals surface area contributed by atoms with Crippen molar-refractivity contribution in [2.75, 3.05) is 0 Å². The van der Waals surface area contributed by atoms with Gasteiger partial charge in [-0.1, -0.05) is 51.1 Å². The lowest BCUT2D eigenvalue weighted by atomic mass is 9.69. The van der Waals surface area contributed by atoms with Crippen LogP contribution in [0.2, 0.25) is 0 Å². The van der Waals surface area contributed by atoms with Gasteiger partial charge in [0.1, 0.15) is 0 Å². The van der Waals surface area contributed by atoms with Gasteiger partial charge in [0.15, 0.2) is 0 Å². The van der Waals surface area contributed by atoms with Gasteiger partial charge in [0.05, 0.1) is 18.2 Å². The molecule has 0 spiro atoms. The van der Waals surface area contributed by atoms with Crippen LogP contribution in [0.5, 0.6) is 0 Å². The predicted octanol–water partition coefficient (Wildman–Crippen LogP) is 4.60. The molecule has 1 aromatic rings. The Labute approximate surface area is 135 Å². The fraction of sp³-hybridized carbons (Fsp3) is 0.684. The summed E-state index contributed by atoms with van der Waals surface area (Å²) in [7, 11) is 0. The van der Waals surface area contributed by atoms with E-state index < -0.39 is 0 Å². The SMILES string of the molecule is CCC1(C)CC(OCc2ccccc2)C(C)C(C)(CC)N1[O]. The van der Waals surface area contributed by atoms with Crippen LogP contribution < -0.4 is 0 Å². The van der Waals surface area contributed by atoms with Gasteiger partial charge in [-0.2, -0.15) is 0 Å². The van der Waals surface area contributed by atoms with E-state index in [2.05, 4.69) is 46.8 Å². The summed E-state index contributed by atoms with van der Waals surface area (Å²) in [5.74, 6) is 0.221. The summed E-state index contributed by atoms with van der Waals surface area (Å²) < 4.78 is 6.26. The first-order valence-electron chi connectivity index (χ1n) is 8.50. The molecule has 0 N–H and O–H groups in total. The average molecular weight is 304 g/mol. The molecule has 1 radical (unpaired) electrons. The fourth-order valence-electron chi connectivity index (χ4n) is 3.63. The van der Waals surface area contributed by atoms with Gasteiger partial charge in [-0.15, -0.1) is 10.3 Å². The predicted molar refractivity (Wildman–Crippen MR) is 88.7 cm³/mol. The van der Waals surface area contributed by atoms with Gasteiger partial charge in [-0.3, -0.25) is 0 Å². The number of rotatable bonds is 5. The molecule has 0 saturated carbocycles. The Bertz CT molecular complexity index is 478. The fourth-order valence-corrected chi connectivity index (χ4v) is 3.63. The molecule has 1 aromatic carbocycles. The maximum absolute atomic E-state index is 12.9. The average Bonchev–Trinajstić information content (AvgIpc) is 2.56. The lowest BCUT2D eigenvalue weighted by molar-refractivity contribution is -0.327. The van der Waals surface area contributed by atoms with Crippen molar-refractivity contribution in [1.29, 1.82) is 0 Å². The van der Waals surface area contributed by atoms with Gasteiger partial charge in [0, 0.05) is 11.5 Å². The molecule has 123 valence electrons. The van der Waals surface area contributed by atoms with Gasteiger partial charge in [0.2, 0.25) is 0 Å². The van der Waals surface area contributed by atoms with E-state index in [1.807, 2.05) is 18.2 Å². The van der Waals surface area contributed by atoms with Crippen molar-refractivity contribution >= 4 is 0 Å². The molecule has 1 saturated heterocycles. The van der Waals surface area contributed by atoms with Gasteiger partial charge in [-0.25, -0.2) is 0 Å². The van der Waals surface area contributed by atoms with Crippen molar-refractivity contribution < 1.29 is 9.94 Å². The Hall–Kier alpha value is -0.900. The molecule has 1 fully saturated rings. The number of piperidine rings is 1. The largest absolute Gasteiger partial charge is 0.373 e. The summed E-state index contributed by atoms with van der Waals surface area (Å²) >= 11 is 0. The highest BCUT2D eigenvalue weighted by atomic mass is 16.5. The molecule has 4 unspecified atom stereocenters. The van der Waals surface area contributed by atoms with Gasteiger partial charge < -0.3 is 4.74 Å². The maximum Gasteiger partial charge on any atom is 0.0720 e. The molecule has 3 nitrogen and oxygen atoms in total. The zero-order chi connectivity index (χ0) is 16.4. The molecule has 0 aliphatic carbocycles. The van der Waals surface area contributed by atoms with E-state index in [4.69, 9.17) is 4.74 Å². The second kappa shape index (κ2) is 6.69. The third-order valence-electron chi connectivity index (χ3n) is 5.92. The van der Waals surface area contributed by atoms with E-state index in [1.165, 1.54) is 10.6 Å². The molecule has 1 aliphatic heterocycles. The van der Waals surface area contributed by atoms with Crippen LogP contribution in [-0.4, -0.2) is 22.2 Å². The van der Waals surface area contributed by atoms with Crippen LogP contribution >= 0.6 is 0 Å². The van der Waals surface area contributed by atoms with Crippen LogP contribution in [0.15, 0.2) is 30.3 Å². The highest BCUT2D eigenvalue weighted by Crippen LogP contribution is 2.45. The topological polar surface area (TPSA) is 32.4 Å². The van der Waals surface area contributed by atoms with E-state index in [9.17, 15) is 5.21 Å². The lowest BCUT2D eigenvalue weighted by Crippen LogP contribution is -2.66. The first kappa shape index (κ1) is 17.5. The number of hydrogen-bond donors (Lipinski definition) is 0. The minimum absolute atomic E-state index is 0.125. The Morgan fingerprint density at radius 3 is 2.36 bits per heavy atom. The molecule has 3 heteroatoms. The molecular formula is C19H30NO2. The van der Waals surface area contributed by atoms with E-state index >= 15 is 0 Å². The summed E-state index contributed by atoms with van der Waals surface area (Å²) in [6.45, 7) is 11.2. The molecule has 1 aliphatic rings. The highest BCUT2D eigenvalue weighted by molar-refractivity contribution is 5.13. The van der Waals surface area contributed by atoms with Crippen LogP contribution in [0.1, 0.15) is 59.4 Å². The molecule has 4 atom stereocenters. The van der Waals surface area contributed by atoms with E-state index in [0.717, 1.165) is 19.3 Å². The van der Waals surface area contributed by atoms with Crippen LogP contribution in [0.4, 0.5) is 0 Å². The normalized spacial score (nSPS) is 36.5. The summed E-state index contributed by atoms with van der Waals surface area (Å²) in [6, 6.07) is 10.3. The zero-order valence-corrected chi connectivity index (χ0v) is 14.6. The molecule has 1 heterocycles. The number of hydroxylamine groups is 2. The van der Waals surface area contributed by atoms with Crippen molar-refractivity contribution in [3.05, 3.63) is 35.9 Å². The van der Waals surface area contributed by atoms with E-state index in [1.54, 1.807) is 0 Å². The van der Waals surface area contributed by atoms with Crippen LogP contribution in [0, 0.1) is 5.92 Å². The highest BCUT2D eigenvalue weighted by Gasteiger charge is 2.53. The second-order valence-corrected chi connectivity index (χ2v) is 7.18. The van der Waals surface area contributed by atoms with Crippen molar-refractivity contribution in [2.45, 2.75) is 77.7 Å².